The molecule has 30 heavy (non-hydrogen) atoms. The lowest BCUT2D eigenvalue weighted by Gasteiger charge is -2.36. The molecular formula is C23H36N2O5. The van der Waals surface area contributed by atoms with Crippen LogP contribution in [0.1, 0.15) is 58.9 Å². The summed E-state index contributed by atoms with van der Waals surface area (Å²) in [5.41, 5.74) is 0.527. The van der Waals surface area contributed by atoms with Gasteiger partial charge in [0.15, 0.2) is 0 Å². The van der Waals surface area contributed by atoms with Crippen LogP contribution >= 0.6 is 0 Å². The summed E-state index contributed by atoms with van der Waals surface area (Å²) in [6.07, 6.45) is 2.14. The lowest BCUT2D eigenvalue weighted by atomic mass is 9.89. The van der Waals surface area contributed by atoms with Crippen molar-refractivity contribution in [3.05, 3.63) is 35.9 Å². The summed E-state index contributed by atoms with van der Waals surface area (Å²) in [5, 5.41) is 5.70. The van der Waals surface area contributed by atoms with Gasteiger partial charge in [-0.25, -0.2) is 4.79 Å². The number of hydrogen-bond donors (Lipinski definition) is 2. The Kier molecular flexibility index (Phi) is 9.11. The fourth-order valence-electron chi connectivity index (χ4n) is 3.54. The third-order valence-corrected chi connectivity index (χ3v) is 5.12. The number of alkyl carbamates (subject to hydrolysis) is 1. The monoisotopic (exact) mass is 420 g/mol. The number of methoxy groups -OCH3 is 1. The molecule has 2 N–H and O–H groups in total. The van der Waals surface area contributed by atoms with E-state index in [1.165, 1.54) is 0 Å². The summed E-state index contributed by atoms with van der Waals surface area (Å²) < 4.78 is 17.0. The van der Waals surface area contributed by atoms with E-state index in [1.807, 2.05) is 37.3 Å². The molecule has 0 spiro atoms. The minimum Gasteiger partial charge on any atom is -0.444 e. The van der Waals surface area contributed by atoms with Crippen molar-refractivity contribution < 1.29 is 23.8 Å². The summed E-state index contributed by atoms with van der Waals surface area (Å²) in [7, 11) is 1.65. The molecule has 1 aliphatic carbocycles. The molecule has 2 rings (SSSR count). The van der Waals surface area contributed by atoms with Gasteiger partial charge in [0.05, 0.1) is 24.9 Å². The van der Waals surface area contributed by atoms with Gasteiger partial charge in [0, 0.05) is 13.5 Å². The lowest BCUT2D eigenvalue weighted by molar-refractivity contribution is -0.126. The highest BCUT2D eigenvalue weighted by atomic mass is 16.6. The van der Waals surface area contributed by atoms with Gasteiger partial charge in [-0.3, -0.25) is 4.79 Å². The van der Waals surface area contributed by atoms with Crippen molar-refractivity contribution in [3.8, 4) is 0 Å². The van der Waals surface area contributed by atoms with Crippen LogP contribution < -0.4 is 10.6 Å². The van der Waals surface area contributed by atoms with Crippen LogP contribution in [0.3, 0.4) is 0 Å². The smallest absolute Gasteiger partial charge is 0.408 e. The van der Waals surface area contributed by atoms with Gasteiger partial charge in [0.1, 0.15) is 11.6 Å². The van der Waals surface area contributed by atoms with Crippen molar-refractivity contribution in [1.29, 1.82) is 0 Å². The number of rotatable bonds is 8. The zero-order valence-corrected chi connectivity index (χ0v) is 18.8. The van der Waals surface area contributed by atoms with E-state index in [-0.39, 0.29) is 24.2 Å². The first kappa shape index (κ1) is 24.2. The van der Waals surface area contributed by atoms with Crippen LogP contribution in [0, 0.1) is 0 Å². The minimum atomic E-state index is -0.649. The largest absolute Gasteiger partial charge is 0.444 e. The van der Waals surface area contributed by atoms with E-state index >= 15 is 0 Å². The quantitative estimate of drug-likeness (QED) is 0.672. The standard InChI is InChI=1S/C23H36N2O5/c1-6-18(25-22(27)30-23(2,3)4)21(26)24-19-13-12-17(14-20(19)28-5)29-15-16-10-8-7-9-11-16/h7-11,17-20H,6,12-15H2,1-5H3,(H,24,26)(H,25,27)/t17-,18+,19-,20+/m1/s1. The molecule has 0 bridgehead atoms. The number of ether oxygens (including phenoxy) is 3. The molecule has 1 aromatic carbocycles. The van der Waals surface area contributed by atoms with E-state index in [0.29, 0.717) is 19.4 Å². The molecule has 0 aliphatic heterocycles. The van der Waals surface area contributed by atoms with Gasteiger partial charge in [0.25, 0.3) is 0 Å². The van der Waals surface area contributed by atoms with Gasteiger partial charge in [0.2, 0.25) is 5.91 Å². The second-order valence-electron chi connectivity index (χ2n) is 8.73. The maximum Gasteiger partial charge on any atom is 0.408 e. The van der Waals surface area contributed by atoms with Crippen molar-refractivity contribution in [2.24, 2.45) is 0 Å². The van der Waals surface area contributed by atoms with Crippen LogP contribution in [0.2, 0.25) is 0 Å². The van der Waals surface area contributed by atoms with Crippen LogP contribution in [-0.4, -0.2) is 49.0 Å². The van der Waals surface area contributed by atoms with E-state index in [0.717, 1.165) is 18.4 Å². The molecule has 0 saturated heterocycles. The van der Waals surface area contributed by atoms with Crippen LogP contribution in [0.4, 0.5) is 4.79 Å². The number of benzene rings is 1. The molecule has 1 fully saturated rings. The van der Waals surface area contributed by atoms with Crippen molar-refractivity contribution in [3.63, 3.8) is 0 Å². The summed E-state index contributed by atoms with van der Waals surface area (Å²) in [6.45, 7) is 7.78. The summed E-state index contributed by atoms with van der Waals surface area (Å²) in [5.74, 6) is -0.223. The molecule has 0 radical (unpaired) electrons. The Morgan fingerprint density at radius 3 is 2.47 bits per heavy atom. The van der Waals surface area contributed by atoms with Gasteiger partial charge < -0.3 is 24.8 Å². The Hall–Kier alpha value is -2.12. The van der Waals surface area contributed by atoms with E-state index in [9.17, 15) is 9.59 Å². The fourth-order valence-corrected chi connectivity index (χ4v) is 3.54. The van der Waals surface area contributed by atoms with Crippen molar-refractivity contribution in [1.82, 2.24) is 10.6 Å². The second-order valence-corrected chi connectivity index (χ2v) is 8.73. The van der Waals surface area contributed by atoms with E-state index in [2.05, 4.69) is 10.6 Å². The maximum absolute atomic E-state index is 12.7. The minimum absolute atomic E-state index is 0.0881. The molecule has 0 heterocycles. The van der Waals surface area contributed by atoms with Crippen molar-refractivity contribution >= 4 is 12.0 Å². The Labute approximate surface area is 179 Å². The molecule has 4 atom stereocenters. The van der Waals surface area contributed by atoms with Gasteiger partial charge in [-0.05, 0) is 45.6 Å². The maximum atomic E-state index is 12.7. The van der Waals surface area contributed by atoms with Crippen LogP contribution in [0.5, 0.6) is 0 Å². The molecule has 1 aromatic rings. The van der Waals surface area contributed by atoms with E-state index < -0.39 is 17.7 Å². The normalized spacial score (nSPS) is 22.8. The fraction of sp³-hybridized carbons (Fsp3) is 0.652. The van der Waals surface area contributed by atoms with Crippen molar-refractivity contribution in [2.45, 2.75) is 89.9 Å². The predicted molar refractivity (Wildman–Crippen MR) is 115 cm³/mol. The van der Waals surface area contributed by atoms with Gasteiger partial charge in [-0.2, -0.15) is 0 Å². The van der Waals surface area contributed by atoms with E-state index in [4.69, 9.17) is 14.2 Å². The zero-order chi connectivity index (χ0) is 22.1. The average Bonchev–Trinajstić information content (AvgIpc) is 2.70. The van der Waals surface area contributed by atoms with Gasteiger partial charge in [-0.15, -0.1) is 0 Å². The molecule has 0 unspecified atom stereocenters. The lowest BCUT2D eigenvalue weighted by Crippen LogP contribution is -2.55. The highest BCUT2D eigenvalue weighted by molar-refractivity contribution is 5.85. The molecule has 0 aromatic heterocycles. The topological polar surface area (TPSA) is 85.9 Å². The first-order valence-electron chi connectivity index (χ1n) is 10.7. The van der Waals surface area contributed by atoms with Crippen LogP contribution in [-0.2, 0) is 25.6 Å². The number of nitrogens with one attached hydrogen (secondary N) is 2. The SMILES string of the molecule is CC[C@H](NC(=O)OC(C)(C)C)C(=O)N[C@@H]1CC[C@@H](OCc2ccccc2)C[C@@H]1OC. The first-order chi connectivity index (χ1) is 14.2. The number of amides is 2. The molecule has 7 heteroatoms. The first-order valence-corrected chi connectivity index (χ1v) is 10.7. The molecule has 7 nitrogen and oxygen atoms in total. The Morgan fingerprint density at radius 2 is 1.87 bits per heavy atom. The molecule has 1 aliphatic rings. The Morgan fingerprint density at radius 1 is 1.17 bits per heavy atom. The third-order valence-electron chi connectivity index (χ3n) is 5.12. The van der Waals surface area contributed by atoms with Gasteiger partial charge >= 0.3 is 6.09 Å². The summed E-state index contributed by atoms with van der Waals surface area (Å²) >= 11 is 0. The Bertz CT molecular complexity index is 674. The average molecular weight is 421 g/mol. The molecular weight excluding hydrogens is 384 g/mol. The third kappa shape index (κ3) is 7.95. The number of carbonyl (C=O) groups excluding carboxylic acids is 2. The second kappa shape index (κ2) is 11.3. The molecule has 1 saturated carbocycles. The highest BCUT2D eigenvalue weighted by Crippen LogP contribution is 2.25. The predicted octanol–water partition coefficient (Wildman–Crippen LogP) is 3.56. The molecule has 2 amide bonds. The summed E-state index contributed by atoms with van der Waals surface area (Å²) in [6, 6.07) is 9.30. The molecule has 168 valence electrons. The zero-order valence-electron chi connectivity index (χ0n) is 18.8. The Balaban J connectivity index is 1.84. The van der Waals surface area contributed by atoms with Crippen molar-refractivity contribution in [2.75, 3.05) is 7.11 Å². The van der Waals surface area contributed by atoms with Crippen LogP contribution in [0.15, 0.2) is 30.3 Å². The number of carbonyl (C=O) groups is 2. The highest BCUT2D eigenvalue weighted by Gasteiger charge is 2.34. The summed E-state index contributed by atoms with van der Waals surface area (Å²) in [4.78, 5) is 24.8. The number of hydrogen-bond acceptors (Lipinski definition) is 5. The van der Waals surface area contributed by atoms with E-state index in [1.54, 1.807) is 27.9 Å². The van der Waals surface area contributed by atoms with Crippen LogP contribution in [0.25, 0.3) is 0 Å². The van der Waals surface area contributed by atoms with Gasteiger partial charge in [-0.1, -0.05) is 37.3 Å².